The number of hydrogen-bond donors (Lipinski definition) is 3. The van der Waals surface area contributed by atoms with Crippen LogP contribution in [0, 0.1) is 0 Å². The molecular weight excluding hydrogens is 507 g/mol. The van der Waals surface area contributed by atoms with Gasteiger partial charge in [0.15, 0.2) is 17.5 Å². The number of H-pyrrole nitrogens is 1. The minimum Gasteiger partial charge on any atom is -0.493 e. The summed E-state index contributed by atoms with van der Waals surface area (Å²) in [7, 11) is 5.01. The Morgan fingerprint density at radius 1 is 1.06 bits per heavy atom. The number of benzene rings is 2. The number of halogens is 1. The predicted octanol–water partition coefficient (Wildman–Crippen LogP) is 4.11. The summed E-state index contributed by atoms with van der Waals surface area (Å²) in [5.41, 5.74) is 3.45. The van der Waals surface area contributed by atoms with Crippen molar-refractivity contribution in [3.8, 4) is 17.2 Å². The molecule has 3 N–H and O–H groups in total. The van der Waals surface area contributed by atoms with Gasteiger partial charge in [0, 0.05) is 37.2 Å². The molecule has 8 heteroatoms. The Morgan fingerprint density at radius 3 is 2.42 bits per heavy atom. The van der Waals surface area contributed by atoms with Crippen LogP contribution in [-0.4, -0.2) is 45.4 Å². The molecular formula is C23H31IN4O3. The Bertz CT molecular complexity index is 978. The molecule has 0 aliphatic heterocycles. The lowest BCUT2D eigenvalue weighted by atomic mass is 10.1. The average Bonchev–Trinajstić information content (AvgIpc) is 3.19. The second kappa shape index (κ2) is 12.3. The molecule has 0 saturated carbocycles. The number of aromatic nitrogens is 1. The van der Waals surface area contributed by atoms with Crippen molar-refractivity contribution in [1.29, 1.82) is 0 Å². The van der Waals surface area contributed by atoms with Gasteiger partial charge in [-0.15, -0.1) is 24.0 Å². The van der Waals surface area contributed by atoms with Crippen molar-refractivity contribution in [2.75, 3.05) is 34.4 Å². The lowest BCUT2D eigenvalue weighted by Crippen LogP contribution is -2.37. The Balaban J connectivity index is 0.00000341. The molecule has 0 atom stereocenters. The van der Waals surface area contributed by atoms with E-state index in [9.17, 15) is 0 Å². The topological polar surface area (TPSA) is 79.9 Å². The molecule has 0 spiro atoms. The third-order valence-corrected chi connectivity index (χ3v) is 4.85. The number of ether oxygens (including phenoxy) is 3. The van der Waals surface area contributed by atoms with Crippen molar-refractivity contribution in [3.05, 3.63) is 53.7 Å². The van der Waals surface area contributed by atoms with E-state index in [0.717, 1.165) is 30.0 Å². The number of nitrogens with zero attached hydrogens (tertiary/aromatic N) is 1. The first-order valence-electron chi connectivity index (χ1n) is 10.1. The van der Waals surface area contributed by atoms with E-state index in [4.69, 9.17) is 14.2 Å². The Hall–Kier alpha value is -2.62. The quantitative estimate of drug-likeness (QED) is 0.217. The van der Waals surface area contributed by atoms with Gasteiger partial charge in [-0.1, -0.05) is 18.2 Å². The van der Waals surface area contributed by atoms with E-state index in [-0.39, 0.29) is 24.0 Å². The minimum atomic E-state index is 0. The standard InChI is InChI=1S/C23H30N4O3.HI/c1-5-30-22-20(28-3)12-16(13-21(22)29-4)14-27-23(24-2)25-11-10-17-15-26-19-9-7-6-8-18(17)19;/h6-9,12-13,15,26H,5,10-11,14H2,1-4H3,(H2,24,25,27);1H. The second-order valence-electron chi connectivity index (χ2n) is 6.72. The maximum Gasteiger partial charge on any atom is 0.203 e. The van der Waals surface area contributed by atoms with Crippen molar-refractivity contribution < 1.29 is 14.2 Å². The third-order valence-electron chi connectivity index (χ3n) is 4.85. The van der Waals surface area contributed by atoms with Crippen LogP contribution >= 0.6 is 24.0 Å². The number of nitrogens with one attached hydrogen (secondary N) is 3. The molecule has 1 aromatic heterocycles. The Morgan fingerprint density at radius 2 is 1.77 bits per heavy atom. The molecule has 168 valence electrons. The van der Waals surface area contributed by atoms with Gasteiger partial charge in [-0.3, -0.25) is 4.99 Å². The molecule has 0 aliphatic carbocycles. The largest absolute Gasteiger partial charge is 0.493 e. The van der Waals surface area contributed by atoms with Crippen LogP contribution < -0.4 is 24.8 Å². The maximum atomic E-state index is 5.66. The van der Waals surface area contributed by atoms with Crippen molar-refractivity contribution in [2.24, 2.45) is 4.99 Å². The zero-order valence-corrected chi connectivity index (χ0v) is 20.8. The van der Waals surface area contributed by atoms with E-state index in [0.29, 0.717) is 30.4 Å². The number of para-hydroxylation sites is 1. The van der Waals surface area contributed by atoms with Crippen molar-refractivity contribution in [2.45, 2.75) is 19.9 Å². The summed E-state index contributed by atoms with van der Waals surface area (Å²) < 4.78 is 16.6. The summed E-state index contributed by atoms with van der Waals surface area (Å²) in [5, 5.41) is 7.97. The van der Waals surface area contributed by atoms with Gasteiger partial charge < -0.3 is 29.8 Å². The number of hydrogen-bond acceptors (Lipinski definition) is 4. The van der Waals surface area contributed by atoms with Crippen LogP contribution in [0.25, 0.3) is 10.9 Å². The first kappa shape index (κ1) is 24.6. The zero-order chi connectivity index (χ0) is 21.3. The number of rotatable bonds is 9. The fourth-order valence-corrected chi connectivity index (χ4v) is 3.38. The van der Waals surface area contributed by atoms with Gasteiger partial charge in [0.25, 0.3) is 0 Å². The van der Waals surface area contributed by atoms with Crippen LogP contribution in [0.1, 0.15) is 18.1 Å². The van der Waals surface area contributed by atoms with Crippen molar-refractivity contribution in [3.63, 3.8) is 0 Å². The van der Waals surface area contributed by atoms with Gasteiger partial charge in [-0.25, -0.2) is 0 Å². The lowest BCUT2D eigenvalue weighted by Gasteiger charge is -2.16. The maximum absolute atomic E-state index is 5.66. The van der Waals surface area contributed by atoms with Crippen LogP contribution in [0.3, 0.4) is 0 Å². The average molecular weight is 538 g/mol. The lowest BCUT2D eigenvalue weighted by molar-refractivity contribution is 0.288. The molecule has 7 nitrogen and oxygen atoms in total. The molecule has 2 aromatic carbocycles. The molecule has 1 heterocycles. The van der Waals surface area contributed by atoms with Crippen molar-refractivity contribution in [1.82, 2.24) is 15.6 Å². The highest BCUT2D eigenvalue weighted by molar-refractivity contribution is 14.0. The number of guanidine groups is 1. The van der Waals surface area contributed by atoms with E-state index in [1.807, 2.05) is 25.1 Å². The molecule has 0 fully saturated rings. The fourth-order valence-electron chi connectivity index (χ4n) is 3.38. The highest BCUT2D eigenvalue weighted by atomic mass is 127. The highest BCUT2D eigenvalue weighted by Gasteiger charge is 2.14. The first-order valence-corrected chi connectivity index (χ1v) is 10.1. The number of fused-ring (bicyclic) bond motifs is 1. The van der Waals surface area contributed by atoms with Crippen LogP contribution in [0.4, 0.5) is 0 Å². The van der Waals surface area contributed by atoms with Gasteiger partial charge >= 0.3 is 0 Å². The smallest absolute Gasteiger partial charge is 0.203 e. The van der Waals surface area contributed by atoms with Crippen molar-refractivity contribution >= 4 is 40.8 Å². The normalized spacial score (nSPS) is 11.0. The highest BCUT2D eigenvalue weighted by Crippen LogP contribution is 2.38. The first-order chi connectivity index (χ1) is 14.7. The molecule has 0 unspecified atom stereocenters. The zero-order valence-electron chi connectivity index (χ0n) is 18.5. The number of methoxy groups -OCH3 is 2. The molecule has 0 aliphatic rings. The summed E-state index contributed by atoms with van der Waals surface area (Å²) in [6, 6.07) is 12.2. The predicted molar refractivity (Wildman–Crippen MR) is 136 cm³/mol. The third kappa shape index (κ3) is 6.19. The van der Waals surface area contributed by atoms with Gasteiger partial charge in [0.1, 0.15) is 0 Å². The monoisotopic (exact) mass is 538 g/mol. The summed E-state index contributed by atoms with van der Waals surface area (Å²) in [4.78, 5) is 7.63. The van der Waals surface area contributed by atoms with E-state index in [1.54, 1.807) is 21.3 Å². The van der Waals surface area contributed by atoms with Crippen LogP contribution in [0.15, 0.2) is 47.6 Å². The fraction of sp³-hybridized carbons (Fsp3) is 0.348. The number of aliphatic imine (C=N–C) groups is 1. The second-order valence-corrected chi connectivity index (χ2v) is 6.72. The summed E-state index contributed by atoms with van der Waals surface area (Å²) in [6.45, 7) is 3.82. The van der Waals surface area contributed by atoms with Gasteiger partial charge in [-0.2, -0.15) is 0 Å². The minimum absolute atomic E-state index is 0. The molecule has 0 saturated heterocycles. The molecule has 0 bridgehead atoms. The SMILES string of the molecule is CCOc1c(OC)cc(CNC(=NC)NCCc2c[nH]c3ccccc23)cc1OC.I. The molecule has 0 radical (unpaired) electrons. The Labute approximate surface area is 200 Å². The molecule has 31 heavy (non-hydrogen) atoms. The van der Waals surface area contributed by atoms with E-state index in [2.05, 4.69) is 45.0 Å². The molecule has 0 amide bonds. The van der Waals surface area contributed by atoms with E-state index < -0.39 is 0 Å². The summed E-state index contributed by atoms with van der Waals surface area (Å²) in [5.74, 6) is 2.65. The van der Waals surface area contributed by atoms with Gasteiger partial charge in [-0.05, 0) is 42.7 Å². The summed E-state index contributed by atoms with van der Waals surface area (Å²) >= 11 is 0. The van der Waals surface area contributed by atoms with Crippen LogP contribution in [0.5, 0.6) is 17.2 Å². The number of aromatic amines is 1. The van der Waals surface area contributed by atoms with Gasteiger partial charge in [0.05, 0.1) is 20.8 Å². The summed E-state index contributed by atoms with van der Waals surface area (Å²) in [6.07, 6.45) is 2.97. The van der Waals surface area contributed by atoms with E-state index >= 15 is 0 Å². The van der Waals surface area contributed by atoms with Gasteiger partial charge in [0.2, 0.25) is 5.75 Å². The molecule has 3 aromatic rings. The van der Waals surface area contributed by atoms with Crippen LogP contribution in [-0.2, 0) is 13.0 Å². The van der Waals surface area contributed by atoms with Crippen LogP contribution in [0.2, 0.25) is 0 Å². The Kier molecular flexibility index (Phi) is 9.77. The molecule has 3 rings (SSSR count). The van der Waals surface area contributed by atoms with E-state index in [1.165, 1.54) is 10.9 Å².